The number of amides is 1. The van der Waals surface area contributed by atoms with Crippen LogP contribution in [0.25, 0.3) is 10.9 Å². The number of H-pyrrole nitrogens is 1. The molecular weight excluding hydrogens is 268 g/mol. The van der Waals surface area contributed by atoms with Crippen LogP contribution in [0.2, 0.25) is 0 Å². The fourth-order valence-electron chi connectivity index (χ4n) is 2.04. The highest BCUT2D eigenvalue weighted by Gasteiger charge is 2.14. The van der Waals surface area contributed by atoms with Crippen LogP contribution in [0.5, 0.6) is 0 Å². The molecule has 0 saturated carbocycles. The van der Waals surface area contributed by atoms with Crippen LogP contribution in [-0.2, 0) is 0 Å². The number of aromatic nitrogens is 3. The second kappa shape index (κ2) is 5.16. The molecule has 104 valence electrons. The Bertz CT molecular complexity index is 838. The summed E-state index contributed by atoms with van der Waals surface area (Å²) in [4.78, 5) is 27.6. The minimum Gasteiger partial charge on any atom is -0.321 e. The van der Waals surface area contributed by atoms with Crippen molar-refractivity contribution in [2.24, 2.45) is 0 Å². The molecule has 0 aliphatic rings. The average Bonchev–Trinajstić information content (AvgIpc) is 2.91. The van der Waals surface area contributed by atoms with Crippen LogP contribution in [0.1, 0.15) is 27.8 Å². The van der Waals surface area contributed by atoms with Crippen molar-refractivity contribution < 1.29 is 9.59 Å². The van der Waals surface area contributed by atoms with Crippen molar-refractivity contribution in [1.29, 1.82) is 0 Å². The quantitative estimate of drug-likeness (QED) is 0.721. The summed E-state index contributed by atoms with van der Waals surface area (Å²) in [6, 6.07) is 8.52. The Morgan fingerprint density at radius 2 is 2.10 bits per heavy atom. The van der Waals surface area contributed by atoms with Crippen LogP contribution in [0.4, 0.5) is 5.69 Å². The summed E-state index contributed by atoms with van der Waals surface area (Å²) in [6.45, 7) is 1.48. The van der Waals surface area contributed by atoms with Crippen molar-refractivity contribution in [3.05, 3.63) is 54.0 Å². The van der Waals surface area contributed by atoms with E-state index in [0.29, 0.717) is 16.6 Å². The lowest BCUT2D eigenvalue weighted by Gasteiger charge is -2.04. The predicted molar refractivity (Wildman–Crippen MR) is 78.3 cm³/mol. The van der Waals surface area contributed by atoms with Gasteiger partial charge in [-0.15, -0.1) is 0 Å². The van der Waals surface area contributed by atoms with Crippen LogP contribution in [-0.4, -0.2) is 26.9 Å². The molecule has 1 amide bonds. The number of hydrogen-bond acceptors (Lipinski definition) is 4. The number of nitrogens with zero attached hydrogens (tertiary/aromatic N) is 2. The van der Waals surface area contributed by atoms with E-state index in [2.05, 4.69) is 20.5 Å². The van der Waals surface area contributed by atoms with Gasteiger partial charge in [-0.05, 0) is 25.1 Å². The first-order valence-corrected chi connectivity index (χ1v) is 6.35. The van der Waals surface area contributed by atoms with E-state index in [1.54, 1.807) is 42.7 Å². The molecule has 0 atom stereocenters. The molecule has 0 aliphatic carbocycles. The van der Waals surface area contributed by atoms with Crippen molar-refractivity contribution in [2.45, 2.75) is 6.92 Å². The number of pyridine rings is 1. The molecule has 3 rings (SSSR count). The lowest BCUT2D eigenvalue weighted by atomic mass is 10.1. The second-order valence-electron chi connectivity index (χ2n) is 4.58. The standard InChI is InChI=1S/C15H12N4O2/c1-9(20)10-3-2-4-11(7-10)17-15(21)14-12-8-16-6-5-13(12)18-19-14/h2-8H,1H3,(H,17,21)(H,18,19). The summed E-state index contributed by atoms with van der Waals surface area (Å²) in [5, 5.41) is 10.2. The van der Waals surface area contributed by atoms with E-state index in [1.165, 1.54) is 6.92 Å². The summed E-state index contributed by atoms with van der Waals surface area (Å²) >= 11 is 0. The Hall–Kier alpha value is -3.02. The van der Waals surface area contributed by atoms with Crippen LogP contribution in [0.3, 0.4) is 0 Å². The summed E-state index contributed by atoms with van der Waals surface area (Å²) in [5.41, 5.74) is 2.10. The lowest BCUT2D eigenvalue weighted by molar-refractivity contribution is 0.101. The van der Waals surface area contributed by atoms with Gasteiger partial charge >= 0.3 is 0 Å². The minimum absolute atomic E-state index is 0.0551. The van der Waals surface area contributed by atoms with Crippen LogP contribution in [0, 0.1) is 0 Å². The van der Waals surface area contributed by atoms with Crippen molar-refractivity contribution in [1.82, 2.24) is 15.2 Å². The van der Waals surface area contributed by atoms with Gasteiger partial charge in [0.15, 0.2) is 11.5 Å². The molecule has 2 aromatic heterocycles. The van der Waals surface area contributed by atoms with Gasteiger partial charge < -0.3 is 5.32 Å². The summed E-state index contributed by atoms with van der Waals surface area (Å²) < 4.78 is 0. The zero-order chi connectivity index (χ0) is 14.8. The first-order chi connectivity index (χ1) is 10.1. The van der Waals surface area contributed by atoms with Crippen molar-refractivity contribution in [3.8, 4) is 0 Å². The monoisotopic (exact) mass is 280 g/mol. The van der Waals surface area contributed by atoms with Gasteiger partial charge in [0.05, 0.1) is 10.9 Å². The molecular formula is C15H12N4O2. The smallest absolute Gasteiger partial charge is 0.276 e. The number of hydrogen-bond donors (Lipinski definition) is 2. The Morgan fingerprint density at radius 3 is 2.90 bits per heavy atom. The van der Waals surface area contributed by atoms with E-state index in [0.717, 1.165) is 5.52 Å². The van der Waals surface area contributed by atoms with Gasteiger partial charge in [-0.3, -0.25) is 19.7 Å². The lowest BCUT2D eigenvalue weighted by Crippen LogP contribution is -2.13. The minimum atomic E-state index is -0.352. The molecule has 0 fully saturated rings. The SMILES string of the molecule is CC(=O)c1cccc(NC(=O)c2n[nH]c3ccncc23)c1. The molecule has 0 bridgehead atoms. The summed E-state index contributed by atoms with van der Waals surface area (Å²) in [5.74, 6) is -0.407. The topological polar surface area (TPSA) is 87.7 Å². The van der Waals surface area contributed by atoms with E-state index < -0.39 is 0 Å². The largest absolute Gasteiger partial charge is 0.321 e. The van der Waals surface area contributed by atoms with Gasteiger partial charge in [0.2, 0.25) is 0 Å². The van der Waals surface area contributed by atoms with Crippen LogP contribution in [0.15, 0.2) is 42.7 Å². The highest BCUT2D eigenvalue weighted by atomic mass is 16.2. The third kappa shape index (κ3) is 2.51. The zero-order valence-electron chi connectivity index (χ0n) is 11.3. The van der Waals surface area contributed by atoms with E-state index in [1.807, 2.05) is 0 Å². The molecule has 6 heteroatoms. The van der Waals surface area contributed by atoms with Crippen LogP contribution < -0.4 is 5.32 Å². The predicted octanol–water partition coefficient (Wildman–Crippen LogP) is 2.41. The number of nitrogens with one attached hydrogen (secondary N) is 2. The fourth-order valence-corrected chi connectivity index (χ4v) is 2.04. The number of benzene rings is 1. The number of carbonyl (C=O) groups excluding carboxylic acids is 2. The Morgan fingerprint density at radius 1 is 1.24 bits per heavy atom. The fraction of sp³-hybridized carbons (Fsp3) is 0.0667. The second-order valence-corrected chi connectivity index (χ2v) is 4.58. The summed E-state index contributed by atoms with van der Waals surface area (Å²) in [7, 11) is 0. The van der Waals surface area contributed by atoms with E-state index in [9.17, 15) is 9.59 Å². The van der Waals surface area contributed by atoms with E-state index in [-0.39, 0.29) is 17.4 Å². The van der Waals surface area contributed by atoms with Gasteiger partial charge in [0.25, 0.3) is 5.91 Å². The third-order valence-electron chi connectivity index (χ3n) is 3.11. The molecule has 21 heavy (non-hydrogen) atoms. The van der Waals surface area contributed by atoms with Gasteiger partial charge in [-0.1, -0.05) is 12.1 Å². The normalized spacial score (nSPS) is 10.5. The zero-order valence-corrected chi connectivity index (χ0v) is 11.3. The number of Topliss-reactive ketones (excluding diaryl/α,β-unsaturated/α-hetero) is 1. The number of ketones is 1. The Kier molecular flexibility index (Phi) is 3.19. The maximum absolute atomic E-state index is 12.3. The Balaban J connectivity index is 1.90. The van der Waals surface area contributed by atoms with Crippen molar-refractivity contribution in [2.75, 3.05) is 5.32 Å². The van der Waals surface area contributed by atoms with Gasteiger partial charge in [0.1, 0.15) is 0 Å². The molecule has 0 radical (unpaired) electrons. The van der Waals surface area contributed by atoms with Gasteiger partial charge in [0, 0.05) is 23.6 Å². The molecule has 0 unspecified atom stereocenters. The molecule has 2 heterocycles. The number of carbonyl (C=O) groups is 2. The number of fused-ring (bicyclic) bond motifs is 1. The average molecular weight is 280 g/mol. The van der Waals surface area contributed by atoms with Crippen molar-refractivity contribution in [3.63, 3.8) is 0 Å². The van der Waals surface area contributed by atoms with Gasteiger partial charge in [-0.2, -0.15) is 5.10 Å². The molecule has 3 aromatic rings. The summed E-state index contributed by atoms with van der Waals surface area (Å²) in [6.07, 6.45) is 3.21. The number of rotatable bonds is 3. The van der Waals surface area contributed by atoms with E-state index in [4.69, 9.17) is 0 Å². The maximum Gasteiger partial charge on any atom is 0.276 e. The molecule has 0 saturated heterocycles. The van der Waals surface area contributed by atoms with Crippen molar-refractivity contribution >= 4 is 28.3 Å². The maximum atomic E-state index is 12.3. The third-order valence-corrected chi connectivity index (χ3v) is 3.11. The highest BCUT2D eigenvalue weighted by molar-refractivity contribution is 6.11. The highest BCUT2D eigenvalue weighted by Crippen LogP contribution is 2.17. The molecule has 0 spiro atoms. The Labute approximate surface area is 120 Å². The van der Waals surface area contributed by atoms with Crippen LogP contribution >= 0.6 is 0 Å². The first kappa shape index (κ1) is 13.0. The molecule has 6 nitrogen and oxygen atoms in total. The molecule has 1 aromatic carbocycles. The number of anilines is 1. The molecule has 0 aliphatic heterocycles. The van der Waals surface area contributed by atoms with Gasteiger partial charge in [-0.25, -0.2) is 0 Å². The number of aromatic amines is 1. The first-order valence-electron chi connectivity index (χ1n) is 6.35. The molecule has 2 N–H and O–H groups in total. The van der Waals surface area contributed by atoms with E-state index >= 15 is 0 Å².